The van der Waals surface area contributed by atoms with Crippen molar-refractivity contribution in [1.82, 2.24) is 4.98 Å². The number of hydrogen-bond acceptors (Lipinski definition) is 4. The standard InChI is InChI=1S/C14H15N3O/c1-9(18)10-4-5-12-13(7-10)16-8-11-3-2-6-15-14(11)17-12/h2-7,9,16,18H,8H2,1H3,(H,15,17). The average Bonchev–Trinajstić information content (AvgIpc) is 2.56. The zero-order chi connectivity index (χ0) is 12.5. The number of benzene rings is 1. The van der Waals surface area contributed by atoms with E-state index in [2.05, 4.69) is 15.6 Å². The van der Waals surface area contributed by atoms with Crippen LogP contribution in [0, 0.1) is 0 Å². The lowest BCUT2D eigenvalue weighted by Crippen LogP contribution is -1.99. The Morgan fingerprint density at radius 2 is 2.17 bits per heavy atom. The molecule has 3 rings (SSSR count). The predicted molar refractivity (Wildman–Crippen MR) is 71.9 cm³/mol. The van der Waals surface area contributed by atoms with Crippen molar-refractivity contribution in [3.63, 3.8) is 0 Å². The van der Waals surface area contributed by atoms with Crippen molar-refractivity contribution < 1.29 is 5.11 Å². The van der Waals surface area contributed by atoms with Gasteiger partial charge in [0, 0.05) is 18.3 Å². The van der Waals surface area contributed by atoms with Crippen LogP contribution in [-0.2, 0) is 6.54 Å². The summed E-state index contributed by atoms with van der Waals surface area (Å²) in [6.45, 7) is 2.49. The van der Waals surface area contributed by atoms with E-state index in [0.29, 0.717) is 0 Å². The summed E-state index contributed by atoms with van der Waals surface area (Å²) in [7, 11) is 0. The quantitative estimate of drug-likeness (QED) is 0.718. The molecule has 4 nitrogen and oxygen atoms in total. The molecule has 1 aromatic carbocycles. The number of hydrogen-bond donors (Lipinski definition) is 3. The number of nitrogens with one attached hydrogen (secondary N) is 2. The van der Waals surface area contributed by atoms with E-state index in [4.69, 9.17) is 0 Å². The number of rotatable bonds is 1. The Morgan fingerprint density at radius 3 is 3.00 bits per heavy atom. The minimum Gasteiger partial charge on any atom is -0.389 e. The summed E-state index contributed by atoms with van der Waals surface area (Å²) in [4.78, 5) is 4.34. The Hall–Kier alpha value is -2.07. The summed E-state index contributed by atoms with van der Waals surface area (Å²) in [5.74, 6) is 0.883. The summed E-state index contributed by atoms with van der Waals surface area (Å²) in [6, 6.07) is 9.84. The molecule has 18 heavy (non-hydrogen) atoms. The van der Waals surface area contributed by atoms with Crippen LogP contribution >= 0.6 is 0 Å². The minimum atomic E-state index is -0.458. The van der Waals surface area contributed by atoms with Crippen LogP contribution in [-0.4, -0.2) is 10.1 Å². The number of aromatic nitrogens is 1. The molecule has 0 fully saturated rings. The van der Waals surface area contributed by atoms with Gasteiger partial charge >= 0.3 is 0 Å². The van der Waals surface area contributed by atoms with Gasteiger partial charge < -0.3 is 15.7 Å². The van der Waals surface area contributed by atoms with Gasteiger partial charge in [0.05, 0.1) is 17.5 Å². The van der Waals surface area contributed by atoms with E-state index >= 15 is 0 Å². The average molecular weight is 241 g/mol. The molecular formula is C14H15N3O. The topological polar surface area (TPSA) is 57.2 Å². The molecule has 0 aliphatic carbocycles. The molecule has 1 atom stereocenters. The third kappa shape index (κ3) is 1.91. The maximum atomic E-state index is 9.61. The lowest BCUT2D eigenvalue weighted by molar-refractivity contribution is 0.199. The fourth-order valence-corrected chi connectivity index (χ4v) is 2.09. The maximum absolute atomic E-state index is 9.61. The van der Waals surface area contributed by atoms with Gasteiger partial charge in [0.15, 0.2) is 0 Å². The lowest BCUT2D eigenvalue weighted by atomic mass is 10.1. The molecule has 0 radical (unpaired) electrons. The first-order valence-electron chi connectivity index (χ1n) is 6.01. The molecule has 0 amide bonds. The van der Waals surface area contributed by atoms with E-state index in [1.807, 2.05) is 30.3 Å². The highest BCUT2D eigenvalue weighted by atomic mass is 16.3. The number of aliphatic hydroxyl groups is 1. The first-order valence-corrected chi connectivity index (χ1v) is 6.01. The van der Waals surface area contributed by atoms with Crippen LogP contribution in [0.4, 0.5) is 17.2 Å². The molecule has 92 valence electrons. The highest BCUT2D eigenvalue weighted by molar-refractivity contribution is 5.77. The third-order valence-corrected chi connectivity index (χ3v) is 3.14. The first-order chi connectivity index (χ1) is 8.74. The smallest absolute Gasteiger partial charge is 0.135 e. The monoisotopic (exact) mass is 241 g/mol. The van der Waals surface area contributed by atoms with Crippen LogP contribution in [0.2, 0.25) is 0 Å². The van der Waals surface area contributed by atoms with Crippen LogP contribution in [0.3, 0.4) is 0 Å². The van der Waals surface area contributed by atoms with Gasteiger partial charge in [0.2, 0.25) is 0 Å². The van der Waals surface area contributed by atoms with Gasteiger partial charge in [-0.2, -0.15) is 0 Å². The lowest BCUT2D eigenvalue weighted by Gasteiger charge is -2.12. The second kappa shape index (κ2) is 4.31. The van der Waals surface area contributed by atoms with E-state index in [1.165, 1.54) is 0 Å². The Balaban J connectivity index is 2.01. The number of pyridine rings is 1. The molecule has 1 aromatic heterocycles. The second-order valence-corrected chi connectivity index (χ2v) is 4.47. The Labute approximate surface area is 106 Å². The van der Waals surface area contributed by atoms with Gasteiger partial charge in [-0.25, -0.2) is 4.98 Å². The highest BCUT2D eigenvalue weighted by Crippen LogP contribution is 2.32. The molecule has 1 aliphatic heterocycles. The van der Waals surface area contributed by atoms with E-state index in [9.17, 15) is 5.11 Å². The van der Waals surface area contributed by atoms with E-state index in [-0.39, 0.29) is 0 Å². The molecule has 3 N–H and O–H groups in total. The molecule has 1 unspecified atom stereocenters. The summed E-state index contributed by atoms with van der Waals surface area (Å²) in [5, 5.41) is 16.3. The van der Waals surface area contributed by atoms with E-state index in [0.717, 1.165) is 34.9 Å². The van der Waals surface area contributed by atoms with Crippen molar-refractivity contribution in [2.75, 3.05) is 10.6 Å². The second-order valence-electron chi connectivity index (χ2n) is 4.47. The molecule has 1 aliphatic rings. The molecular weight excluding hydrogens is 226 g/mol. The molecule has 0 spiro atoms. The fraction of sp³-hybridized carbons (Fsp3) is 0.214. The van der Waals surface area contributed by atoms with Crippen LogP contribution < -0.4 is 10.6 Å². The van der Waals surface area contributed by atoms with Gasteiger partial charge in [-0.05, 0) is 30.7 Å². The van der Waals surface area contributed by atoms with Crippen molar-refractivity contribution in [1.29, 1.82) is 0 Å². The van der Waals surface area contributed by atoms with E-state index in [1.54, 1.807) is 13.1 Å². The van der Waals surface area contributed by atoms with Crippen LogP contribution in [0.25, 0.3) is 0 Å². The molecule has 2 aromatic rings. The number of aliphatic hydroxyl groups excluding tert-OH is 1. The zero-order valence-electron chi connectivity index (χ0n) is 10.1. The third-order valence-electron chi connectivity index (χ3n) is 3.14. The van der Waals surface area contributed by atoms with Crippen molar-refractivity contribution in [2.24, 2.45) is 0 Å². The molecule has 0 bridgehead atoms. The fourth-order valence-electron chi connectivity index (χ4n) is 2.09. The normalized spacial score (nSPS) is 14.6. The Morgan fingerprint density at radius 1 is 1.28 bits per heavy atom. The Bertz CT molecular complexity index is 581. The summed E-state index contributed by atoms with van der Waals surface area (Å²) in [5.41, 5.74) is 4.01. The largest absolute Gasteiger partial charge is 0.389 e. The van der Waals surface area contributed by atoms with Crippen molar-refractivity contribution in [3.05, 3.63) is 47.7 Å². The van der Waals surface area contributed by atoms with Gasteiger partial charge in [-0.1, -0.05) is 12.1 Å². The molecule has 0 saturated carbocycles. The van der Waals surface area contributed by atoms with Crippen molar-refractivity contribution >= 4 is 17.2 Å². The summed E-state index contributed by atoms with van der Waals surface area (Å²) < 4.78 is 0. The summed E-state index contributed by atoms with van der Waals surface area (Å²) in [6.07, 6.45) is 1.32. The van der Waals surface area contributed by atoms with Crippen molar-refractivity contribution in [3.8, 4) is 0 Å². The highest BCUT2D eigenvalue weighted by Gasteiger charge is 2.13. The molecule has 4 heteroatoms. The van der Waals surface area contributed by atoms with Gasteiger partial charge in [0.25, 0.3) is 0 Å². The van der Waals surface area contributed by atoms with Gasteiger partial charge in [0.1, 0.15) is 5.82 Å². The minimum absolute atomic E-state index is 0.458. The van der Waals surface area contributed by atoms with Gasteiger partial charge in [-0.15, -0.1) is 0 Å². The molecule has 0 saturated heterocycles. The number of fused-ring (bicyclic) bond motifs is 2. The maximum Gasteiger partial charge on any atom is 0.135 e. The SMILES string of the molecule is CC(O)c1ccc2c(c1)NCc1cccnc1N2. The Kier molecular flexibility index (Phi) is 2.64. The van der Waals surface area contributed by atoms with E-state index < -0.39 is 6.10 Å². The first kappa shape index (κ1) is 11.0. The van der Waals surface area contributed by atoms with Gasteiger partial charge in [-0.3, -0.25) is 0 Å². The summed E-state index contributed by atoms with van der Waals surface area (Å²) >= 11 is 0. The number of nitrogens with zero attached hydrogens (tertiary/aromatic N) is 1. The van der Waals surface area contributed by atoms with Crippen molar-refractivity contribution in [2.45, 2.75) is 19.6 Å². The van der Waals surface area contributed by atoms with Crippen LogP contribution in [0.5, 0.6) is 0 Å². The van der Waals surface area contributed by atoms with Crippen LogP contribution in [0.1, 0.15) is 24.2 Å². The van der Waals surface area contributed by atoms with Crippen LogP contribution in [0.15, 0.2) is 36.5 Å². The number of anilines is 3. The zero-order valence-corrected chi connectivity index (χ0v) is 10.1. The predicted octanol–water partition coefficient (Wildman–Crippen LogP) is 2.80. The molecule has 2 heterocycles.